The zero-order valence-corrected chi connectivity index (χ0v) is 13.3. The lowest BCUT2D eigenvalue weighted by Crippen LogP contribution is -1.82. The molecule has 0 radical (unpaired) electrons. The number of methoxy groups -OCH3 is 1. The van der Waals surface area contributed by atoms with Gasteiger partial charge in [-0.15, -0.1) is 11.3 Å². The molecule has 1 aromatic heterocycles. The number of hydrogen-bond donors (Lipinski definition) is 0. The molecule has 0 saturated carbocycles. The topological polar surface area (TPSA) is 22.1 Å². The van der Waals surface area contributed by atoms with E-state index in [0.717, 1.165) is 32.6 Å². The van der Waals surface area contributed by atoms with Gasteiger partial charge < -0.3 is 4.74 Å². The molecule has 0 unspecified atom stereocenters. The van der Waals surface area contributed by atoms with Crippen LogP contribution in [0.25, 0.3) is 21.0 Å². The summed E-state index contributed by atoms with van der Waals surface area (Å²) in [6.07, 6.45) is 0. The number of aryl methyl sites for hydroxylation is 1. The molecule has 0 aliphatic rings. The molecule has 0 spiro atoms. The fraction of sp³-hybridized carbons (Fsp3) is 0.118. The van der Waals surface area contributed by atoms with Gasteiger partial charge in [0.15, 0.2) is 0 Å². The fourth-order valence-corrected chi connectivity index (χ4v) is 3.33. The summed E-state index contributed by atoms with van der Waals surface area (Å²) in [6.45, 7) is 2.04. The molecule has 21 heavy (non-hydrogen) atoms. The molecule has 0 saturated heterocycles. The second-order valence-corrected chi connectivity index (χ2v) is 6.10. The zero-order chi connectivity index (χ0) is 14.8. The minimum atomic E-state index is 0.747. The second-order valence-electron chi connectivity index (χ2n) is 4.67. The van der Waals surface area contributed by atoms with Crippen molar-refractivity contribution >= 4 is 22.9 Å². The van der Waals surface area contributed by atoms with Crippen molar-refractivity contribution in [2.45, 2.75) is 6.92 Å². The highest BCUT2D eigenvalue weighted by atomic mass is 35.5. The zero-order valence-electron chi connectivity index (χ0n) is 11.8. The van der Waals surface area contributed by atoms with Gasteiger partial charge in [-0.05, 0) is 48.9 Å². The smallest absolute Gasteiger partial charge is 0.124 e. The van der Waals surface area contributed by atoms with Crippen LogP contribution in [0.3, 0.4) is 0 Å². The minimum Gasteiger partial charge on any atom is -0.497 e. The van der Waals surface area contributed by atoms with Crippen molar-refractivity contribution in [3.63, 3.8) is 0 Å². The third kappa shape index (κ3) is 2.94. The summed E-state index contributed by atoms with van der Waals surface area (Å²) in [5.41, 5.74) is 3.28. The van der Waals surface area contributed by atoms with Crippen molar-refractivity contribution in [2.75, 3.05) is 7.11 Å². The predicted molar refractivity (Wildman–Crippen MR) is 89.3 cm³/mol. The molecule has 0 aliphatic carbocycles. The van der Waals surface area contributed by atoms with Crippen LogP contribution in [0.4, 0.5) is 0 Å². The number of ether oxygens (including phenoxy) is 1. The van der Waals surface area contributed by atoms with E-state index in [4.69, 9.17) is 16.3 Å². The second kappa shape index (κ2) is 5.88. The molecule has 0 amide bonds. The molecule has 106 valence electrons. The van der Waals surface area contributed by atoms with Gasteiger partial charge >= 0.3 is 0 Å². The summed E-state index contributed by atoms with van der Waals surface area (Å²) >= 11 is 7.63. The van der Waals surface area contributed by atoms with E-state index in [1.165, 1.54) is 4.88 Å². The minimum absolute atomic E-state index is 0.747. The first kappa shape index (κ1) is 14.1. The molecule has 0 N–H and O–H groups in total. The van der Waals surface area contributed by atoms with Crippen molar-refractivity contribution in [1.82, 2.24) is 4.98 Å². The fourth-order valence-electron chi connectivity index (χ4n) is 2.12. The average molecular weight is 316 g/mol. The van der Waals surface area contributed by atoms with Gasteiger partial charge in [0.25, 0.3) is 0 Å². The van der Waals surface area contributed by atoms with Gasteiger partial charge in [0, 0.05) is 10.6 Å². The van der Waals surface area contributed by atoms with E-state index < -0.39 is 0 Å². The van der Waals surface area contributed by atoms with Gasteiger partial charge in [0.05, 0.1) is 17.7 Å². The van der Waals surface area contributed by atoms with E-state index in [0.29, 0.717) is 0 Å². The maximum Gasteiger partial charge on any atom is 0.124 e. The summed E-state index contributed by atoms with van der Waals surface area (Å²) in [4.78, 5) is 5.86. The first-order chi connectivity index (χ1) is 10.2. The Morgan fingerprint density at radius 1 is 0.952 bits per heavy atom. The van der Waals surface area contributed by atoms with Gasteiger partial charge in [-0.3, -0.25) is 0 Å². The highest BCUT2D eigenvalue weighted by Gasteiger charge is 2.11. The molecule has 4 heteroatoms. The Balaban J connectivity index is 1.98. The molecule has 0 bridgehead atoms. The molecule has 0 aliphatic heterocycles. The SMILES string of the molecule is COc1ccc(-c2nc(C)c(-c3ccc(Cl)cc3)s2)cc1. The van der Waals surface area contributed by atoms with E-state index >= 15 is 0 Å². The van der Waals surface area contributed by atoms with Crippen molar-refractivity contribution in [3.8, 4) is 26.8 Å². The number of aromatic nitrogens is 1. The van der Waals surface area contributed by atoms with Crippen LogP contribution >= 0.6 is 22.9 Å². The highest BCUT2D eigenvalue weighted by molar-refractivity contribution is 7.18. The molecular weight excluding hydrogens is 302 g/mol. The molecule has 2 aromatic carbocycles. The lowest BCUT2D eigenvalue weighted by atomic mass is 10.2. The Morgan fingerprint density at radius 3 is 2.19 bits per heavy atom. The van der Waals surface area contributed by atoms with Crippen LogP contribution in [0.15, 0.2) is 48.5 Å². The Bertz CT molecular complexity index is 747. The monoisotopic (exact) mass is 315 g/mol. The van der Waals surface area contributed by atoms with Crippen LogP contribution in [-0.4, -0.2) is 12.1 Å². The van der Waals surface area contributed by atoms with Gasteiger partial charge in [-0.25, -0.2) is 4.98 Å². The van der Waals surface area contributed by atoms with E-state index in [1.807, 2.05) is 55.5 Å². The van der Waals surface area contributed by atoms with E-state index in [1.54, 1.807) is 18.4 Å². The standard InChI is InChI=1S/C17H14ClNOS/c1-11-16(12-3-7-14(18)8-4-12)21-17(19-11)13-5-9-15(20-2)10-6-13/h3-10H,1-2H3. The number of benzene rings is 2. The molecule has 1 heterocycles. The average Bonchev–Trinajstić information content (AvgIpc) is 2.90. The van der Waals surface area contributed by atoms with E-state index in [9.17, 15) is 0 Å². The number of halogens is 1. The van der Waals surface area contributed by atoms with E-state index in [2.05, 4.69) is 4.98 Å². The molecule has 2 nitrogen and oxygen atoms in total. The third-order valence-corrected chi connectivity index (χ3v) is 4.75. The quantitative estimate of drug-likeness (QED) is 0.641. The predicted octanol–water partition coefficient (Wildman–Crippen LogP) is 5.45. The molecule has 0 fully saturated rings. The molecular formula is C17H14ClNOS. The molecule has 3 rings (SSSR count). The molecule has 3 aromatic rings. The maximum absolute atomic E-state index is 5.94. The Labute approximate surface area is 133 Å². The first-order valence-corrected chi connectivity index (χ1v) is 7.74. The summed E-state index contributed by atoms with van der Waals surface area (Å²) in [6, 6.07) is 15.8. The lowest BCUT2D eigenvalue weighted by Gasteiger charge is -2.00. The maximum atomic E-state index is 5.94. The van der Waals surface area contributed by atoms with Crippen LogP contribution in [0.5, 0.6) is 5.75 Å². The van der Waals surface area contributed by atoms with Crippen molar-refractivity contribution in [3.05, 3.63) is 59.2 Å². The van der Waals surface area contributed by atoms with Crippen LogP contribution in [0.2, 0.25) is 5.02 Å². The lowest BCUT2D eigenvalue weighted by molar-refractivity contribution is 0.415. The van der Waals surface area contributed by atoms with Crippen molar-refractivity contribution in [1.29, 1.82) is 0 Å². The summed E-state index contributed by atoms with van der Waals surface area (Å²) < 4.78 is 5.18. The van der Waals surface area contributed by atoms with Crippen LogP contribution < -0.4 is 4.74 Å². The van der Waals surface area contributed by atoms with Crippen molar-refractivity contribution < 1.29 is 4.74 Å². The van der Waals surface area contributed by atoms with Crippen molar-refractivity contribution in [2.24, 2.45) is 0 Å². The number of rotatable bonds is 3. The summed E-state index contributed by atoms with van der Waals surface area (Å²) in [5.74, 6) is 0.852. The number of nitrogens with zero attached hydrogens (tertiary/aromatic N) is 1. The van der Waals surface area contributed by atoms with Gasteiger partial charge in [-0.1, -0.05) is 23.7 Å². The molecule has 0 atom stereocenters. The Hall–Kier alpha value is -1.84. The largest absolute Gasteiger partial charge is 0.497 e. The van der Waals surface area contributed by atoms with Crippen LogP contribution in [0.1, 0.15) is 5.69 Å². The normalized spacial score (nSPS) is 10.6. The van der Waals surface area contributed by atoms with E-state index in [-0.39, 0.29) is 0 Å². The number of thiazole rings is 1. The summed E-state index contributed by atoms with van der Waals surface area (Å²) in [5, 5.41) is 1.76. The van der Waals surface area contributed by atoms with Crippen LogP contribution in [0, 0.1) is 6.92 Å². The Morgan fingerprint density at radius 2 is 1.57 bits per heavy atom. The van der Waals surface area contributed by atoms with Gasteiger partial charge in [0.2, 0.25) is 0 Å². The highest BCUT2D eigenvalue weighted by Crippen LogP contribution is 2.35. The van der Waals surface area contributed by atoms with Gasteiger partial charge in [-0.2, -0.15) is 0 Å². The summed E-state index contributed by atoms with van der Waals surface area (Å²) in [7, 11) is 1.67. The Kier molecular flexibility index (Phi) is 3.95. The van der Waals surface area contributed by atoms with Crippen LogP contribution in [-0.2, 0) is 0 Å². The first-order valence-electron chi connectivity index (χ1n) is 6.55. The van der Waals surface area contributed by atoms with Gasteiger partial charge in [0.1, 0.15) is 10.8 Å². The third-order valence-electron chi connectivity index (χ3n) is 3.24. The number of hydrogen-bond acceptors (Lipinski definition) is 3.